The Morgan fingerprint density at radius 3 is 2.67 bits per heavy atom. The summed E-state index contributed by atoms with van der Waals surface area (Å²) in [6.45, 7) is 6.96. The average molecular weight is 527 g/mol. The lowest BCUT2D eigenvalue weighted by Gasteiger charge is -2.47. The van der Waals surface area contributed by atoms with Gasteiger partial charge in [0.05, 0.1) is 23.2 Å². The topological polar surface area (TPSA) is 124 Å². The summed E-state index contributed by atoms with van der Waals surface area (Å²) in [5.41, 5.74) is 12.2. The number of Topliss-reactive ketones (excluding diaryl/α,β-unsaturated/α-hetero) is 1. The van der Waals surface area contributed by atoms with E-state index in [1.165, 1.54) is 6.33 Å². The molecule has 2 aromatic heterocycles. The standard InChI is InChI=1S/C30H34N6O3/c1-17(2)29(38)35-21-11-9-19(10-12-21)24-22(23-27(31)32-16-33-28(23)36(24)3)18-5-7-20(8-6-18)25(37)26-30(15-39-26)13-4-14-34-30/h5,9-12,16,20,26,34H,1,4,6-8,13-15H2,2-3H3,(H,35,38)(H2,31,32,33)/t20-,26?,30?/m1/s1. The van der Waals surface area contributed by atoms with Crippen molar-refractivity contribution in [3.05, 3.63) is 54.4 Å². The van der Waals surface area contributed by atoms with Crippen LogP contribution >= 0.6 is 0 Å². The molecular weight excluding hydrogens is 492 g/mol. The summed E-state index contributed by atoms with van der Waals surface area (Å²) < 4.78 is 7.84. The summed E-state index contributed by atoms with van der Waals surface area (Å²) in [5, 5.41) is 7.21. The normalized spacial score (nSPS) is 24.4. The van der Waals surface area contributed by atoms with Crippen molar-refractivity contribution in [1.29, 1.82) is 0 Å². The van der Waals surface area contributed by atoms with E-state index in [1.807, 2.05) is 35.9 Å². The van der Waals surface area contributed by atoms with E-state index in [-0.39, 0.29) is 29.3 Å². The fraction of sp³-hybridized carbons (Fsp3) is 0.400. The van der Waals surface area contributed by atoms with Gasteiger partial charge in [0.15, 0.2) is 5.78 Å². The zero-order valence-corrected chi connectivity index (χ0v) is 22.4. The van der Waals surface area contributed by atoms with E-state index in [2.05, 4.69) is 33.3 Å². The first-order chi connectivity index (χ1) is 18.8. The van der Waals surface area contributed by atoms with Crippen LogP contribution < -0.4 is 16.4 Å². The molecule has 4 heterocycles. The molecule has 0 bridgehead atoms. The van der Waals surface area contributed by atoms with E-state index >= 15 is 0 Å². The highest BCUT2D eigenvalue weighted by Crippen LogP contribution is 2.44. The highest BCUT2D eigenvalue weighted by molar-refractivity contribution is 6.05. The van der Waals surface area contributed by atoms with E-state index in [1.54, 1.807) is 6.92 Å². The summed E-state index contributed by atoms with van der Waals surface area (Å²) in [4.78, 5) is 34.3. The van der Waals surface area contributed by atoms with Gasteiger partial charge < -0.3 is 25.7 Å². The summed E-state index contributed by atoms with van der Waals surface area (Å²) in [6.07, 6.45) is 7.61. The van der Waals surface area contributed by atoms with Crippen molar-refractivity contribution < 1.29 is 14.3 Å². The Hall–Kier alpha value is -3.82. The number of nitrogens with zero attached hydrogens (tertiary/aromatic N) is 3. The van der Waals surface area contributed by atoms with Crippen LogP contribution in [0.15, 0.2) is 48.8 Å². The molecule has 202 valence electrons. The fourth-order valence-electron chi connectivity index (χ4n) is 6.31. The van der Waals surface area contributed by atoms with Crippen molar-refractivity contribution in [2.24, 2.45) is 13.0 Å². The Kier molecular flexibility index (Phi) is 6.35. The lowest BCUT2D eigenvalue weighted by Crippen LogP contribution is -2.67. The molecule has 0 saturated carbocycles. The molecule has 39 heavy (non-hydrogen) atoms. The Balaban J connectivity index is 1.33. The van der Waals surface area contributed by atoms with Crippen LogP contribution in [0.1, 0.15) is 44.6 Å². The Morgan fingerprint density at radius 1 is 1.26 bits per heavy atom. The summed E-state index contributed by atoms with van der Waals surface area (Å²) in [5.74, 6) is 0.383. The Labute approximate surface area is 227 Å². The molecule has 9 heteroatoms. The highest BCUT2D eigenvalue weighted by atomic mass is 16.5. The minimum absolute atomic E-state index is 0.0541. The lowest BCUT2D eigenvalue weighted by molar-refractivity contribution is -0.172. The molecule has 2 fully saturated rings. The third-order valence-electron chi connectivity index (χ3n) is 8.48. The van der Waals surface area contributed by atoms with Gasteiger partial charge in [0.1, 0.15) is 23.9 Å². The van der Waals surface area contributed by atoms with Gasteiger partial charge in [-0.25, -0.2) is 9.97 Å². The van der Waals surface area contributed by atoms with Gasteiger partial charge in [-0.05, 0) is 68.8 Å². The van der Waals surface area contributed by atoms with E-state index < -0.39 is 0 Å². The van der Waals surface area contributed by atoms with Gasteiger partial charge in [-0.2, -0.15) is 0 Å². The monoisotopic (exact) mass is 526 g/mol. The van der Waals surface area contributed by atoms with Gasteiger partial charge in [-0.3, -0.25) is 9.59 Å². The highest BCUT2D eigenvalue weighted by Gasteiger charge is 2.54. The third-order valence-corrected chi connectivity index (χ3v) is 8.48. The number of fused-ring (bicyclic) bond motifs is 1. The molecule has 6 rings (SSSR count). The number of hydrogen-bond acceptors (Lipinski definition) is 7. The van der Waals surface area contributed by atoms with Gasteiger partial charge in [0.25, 0.3) is 5.91 Å². The second-order valence-electron chi connectivity index (χ2n) is 11.0. The predicted molar refractivity (Wildman–Crippen MR) is 152 cm³/mol. The van der Waals surface area contributed by atoms with Crippen LogP contribution in [0, 0.1) is 5.92 Å². The quantitative estimate of drug-likeness (QED) is 0.415. The molecule has 2 saturated heterocycles. The number of carbonyl (C=O) groups excluding carboxylic acids is 2. The maximum absolute atomic E-state index is 13.4. The maximum Gasteiger partial charge on any atom is 0.250 e. The van der Waals surface area contributed by atoms with Crippen molar-refractivity contribution >= 4 is 39.8 Å². The number of nitrogens with one attached hydrogen (secondary N) is 2. The van der Waals surface area contributed by atoms with E-state index in [9.17, 15) is 9.59 Å². The molecule has 1 spiro atoms. The first-order valence-electron chi connectivity index (χ1n) is 13.5. The number of anilines is 2. The van der Waals surface area contributed by atoms with Crippen molar-refractivity contribution in [3.63, 3.8) is 0 Å². The molecule has 1 amide bonds. The van der Waals surface area contributed by atoms with Crippen LogP contribution in [0.5, 0.6) is 0 Å². The number of aromatic nitrogens is 3. The van der Waals surface area contributed by atoms with Crippen LogP contribution in [0.2, 0.25) is 0 Å². The van der Waals surface area contributed by atoms with Gasteiger partial charge >= 0.3 is 0 Å². The molecule has 4 N–H and O–H groups in total. The number of carbonyl (C=O) groups is 2. The van der Waals surface area contributed by atoms with Crippen LogP contribution in [-0.2, 0) is 21.4 Å². The van der Waals surface area contributed by atoms with Gasteiger partial charge in [0, 0.05) is 29.8 Å². The molecule has 0 radical (unpaired) electrons. The minimum Gasteiger partial charge on any atom is -0.383 e. The summed E-state index contributed by atoms with van der Waals surface area (Å²) >= 11 is 0. The number of ketones is 1. The summed E-state index contributed by atoms with van der Waals surface area (Å²) in [7, 11) is 1.97. The number of amides is 1. The van der Waals surface area contributed by atoms with Crippen molar-refractivity contribution in [2.45, 2.75) is 50.7 Å². The third kappa shape index (κ3) is 4.26. The maximum atomic E-state index is 13.4. The smallest absolute Gasteiger partial charge is 0.250 e. The zero-order chi connectivity index (χ0) is 27.3. The fourth-order valence-corrected chi connectivity index (χ4v) is 6.31. The van der Waals surface area contributed by atoms with Crippen molar-refractivity contribution in [2.75, 3.05) is 24.2 Å². The second-order valence-corrected chi connectivity index (χ2v) is 11.0. The van der Waals surface area contributed by atoms with E-state index in [0.29, 0.717) is 30.1 Å². The van der Waals surface area contributed by atoms with Crippen LogP contribution in [0.25, 0.3) is 27.9 Å². The molecule has 1 aromatic carbocycles. The molecule has 1 aliphatic carbocycles. The molecule has 2 aliphatic heterocycles. The predicted octanol–water partition coefficient (Wildman–Crippen LogP) is 4.01. The largest absolute Gasteiger partial charge is 0.383 e. The van der Waals surface area contributed by atoms with Crippen molar-refractivity contribution in [1.82, 2.24) is 19.9 Å². The van der Waals surface area contributed by atoms with Crippen LogP contribution in [0.4, 0.5) is 11.5 Å². The first-order valence-corrected chi connectivity index (χ1v) is 13.5. The Morgan fingerprint density at radius 2 is 2.05 bits per heavy atom. The SMILES string of the molecule is C=C(C)C(=O)Nc1ccc(-c2c(C3=CC[C@@H](C(=O)C4OCC45CCCN5)CC3)c3c(N)ncnc3n2C)cc1. The van der Waals surface area contributed by atoms with Gasteiger partial charge in [0.2, 0.25) is 0 Å². The number of hydrogen-bond donors (Lipinski definition) is 3. The Bertz CT molecular complexity index is 1510. The van der Waals surface area contributed by atoms with Gasteiger partial charge in [-0.1, -0.05) is 24.8 Å². The number of allylic oxidation sites excluding steroid dienone is 2. The number of nitrogens with two attached hydrogens (primary N) is 1. The van der Waals surface area contributed by atoms with Gasteiger partial charge in [-0.15, -0.1) is 0 Å². The number of aryl methyl sites for hydroxylation is 1. The number of benzene rings is 1. The number of ether oxygens (including phenoxy) is 1. The zero-order valence-electron chi connectivity index (χ0n) is 22.4. The molecule has 3 atom stereocenters. The minimum atomic E-state index is -0.332. The second kappa shape index (κ2) is 9.73. The summed E-state index contributed by atoms with van der Waals surface area (Å²) in [6, 6.07) is 7.71. The van der Waals surface area contributed by atoms with Crippen LogP contribution in [-0.4, -0.2) is 51.0 Å². The number of nitrogen functional groups attached to an aromatic ring is 1. The molecule has 3 aliphatic rings. The molecule has 3 aromatic rings. The van der Waals surface area contributed by atoms with Crippen molar-refractivity contribution in [3.8, 4) is 11.3 Å². The first kappa shape index (κ1) is 25.5. The van der Waals surface area contributed by atoms with E-state index in [0.717, 1.165) is 65.7 Å². The number of rotatable bonds is 6. The molecular formula is C30H34N6O3. The molecule has 9 nitrogen and oxygen atoms in total. The van der Waals surface area contributed by atoms with E-state index in [4.69, 9.17) is 10.5 Å². The molecule has 2 unspecified atom stereocenters. The van der Waals surface area contributed by atoms with Crippen LogP contribution in [0.3, 0.4) is 0 Å². The lowest BCUT2D eigenvalue weighted by atomic mass is 9.75. The average Bonchev–Trinajstić information content (AvgIpc) is 3.55.